The van der Waals surface area contributed by atoms with Crippen LogP contribution < -0.4 is 21.7 Å². The van der Waals surface area contributed by atoms with Gasteiger partial charge in [0.2, 0.25) is 5.62 Å². The van der Waals surface area contributed by atoms with Gasteiger partial charge in [-0.2, -0.15) is 0 Å². The van der Waals surface area contributed by atoms with Gasteiger partial charge < -0.3 is 9.84 Å². The molecule has 0 aliphatic rings. The van der Waals surface area contributed by atoms with Crippen LogP contribution >= 0.6 is 0 Å². The smallest absolute Gasteiger partial charge is 0.335 e. The van der Waals surface area contributed by atoms with Gasteiger partial charge in [0, 0.05) is 7.05 Å². The highest BCUT2D eigenvalue weighted by Gasteiger charge is 2.19. The molecule has 0 aliphatic carbocycles. The summed E-state index contributed by atoms with van der Waals surface area (Å²) in [5.41, 5.74) is 1.40. The fourth-order valence-electron chi connectivity index (χ4n) is 3.63. The van der Waals surface area contributed by atoms with E-state index in [2.05, 4.69) is 4.99 Å². The van der Waals surface area contributed by atoms with E-state index < -0.39 is 23.4 Å². The molecule has 0 unspecified atom stereocenters. The highest BCUT2D eigenvalue weighted by Crippen LogP contribution is 2.19. The largest absolute Gasteiger partial charge is 0.491 e. The fourth-order valence-corrected chi connectivity index (χ4v) is 3.63. The van der Waals surface area contributed by atoms with E-state index in [0.717, 1.165) is 22.1 Å². The first-order valence-corrected chi connectivity index (χ1v) is 11.6. The highest BCUT2D eigenvalue weighted by atomic mass is 16.5. The summed E-state index contributed by atoms with van der Waals surface area (Å²) in [7, 11) is 1.52. The first kappa shape index (κ1) is 25.7. The number of hydrogen-bond acceptors (Lipinski definition) is 5. The van der Waals surface area contributed by atoms with Crippen LogP contribution in [0.25, 0.3) is 0 Å². The Balaban J connectivity index is 2.18. The van der Waals surface area contributed by atoms with Crippen LogP contribution in [0.4, 0.5) is 5.69 Å². The van der Waals surface area contributed by atoms with Crippen molar-refractivity contribution in [3.05, 3.63) is 86.2 Å². The first-order chi connectivity index (χ1) is 16.6. The number of aliphatic carboxylic acids is 1. The zero-order valence-electron chi connectivity index (χ0n) is 20.8. The third-order valence-corrected chi connectivity index (χ3v) is 5.82. The quantitative estimate of drug-likeness (QED) is 0.506. The molecule has 186 valence electrons. The number of aryl methyl sites for hydroxylation is 1. The lowest BCUT2D eigenvalue weighted by Gasteiger charge is -2.18. The topological polar surface area (TPSA) is 108 Å². The summed E-state index contributed by atoms with van der Waals surface area (Å²) in [6.45, 7) is 7.71. The van der Waals surface area contributed by atoms with Gasteiger partial charge in [-0.3, -0.25) is 13.9 Å². The molecule has 0 spiro atoms. The molecule has 1 heterocycles. The Bertz CT molecular complexity index is 1370. The third kappa shape index (κ3) is 6.17. The lowest BCUT2D eigenvalue weighted by atomic mass is 10.1. The minimum absolute atomic E-state index is 0.0793. The lowest BCUT2D eigenvalue weighted by molar-refractivity contribution is -0.137. The van der Waals surface area contributed by atoms with Crippen molar-refractivity contribution in [1.29, 1.82) is 0 Å². The second-order valence-corrected chi connectivity index (χ2v) is 8.76. The van der Waals surface area contributed by atoms with Gasteiger partial charge in [-0.1, -0.05) is 36.8 Å². The maximum atomic E-state index is 13.5. The van der Waals surface area contributed by atoms with Crippen molar-refractivity contribution < 1.29 is 14.6 Å². The first-order valence-electron chi connectivity index (χ1n) is 11.6. The fraction of sp³-hybridized carbons (Fsp3) is 0.385. The van der Waals surface area contributed by atoms with E-state index in [1.54, 1.807) is 31.2 Å². The third-order valence-electron chi connectivity index (χ3n) is 5.82. The van der Waals surface area contributed by atoms with E-state index in [9.17, 15) is 19.5 Å². The molecule has 2 atom stereocenters. The number of carboxylic acid groups (broad SMARTS) is 1. The van der Waals surface area contributed by atoms with E-state index in [1.165, 1.54) is 16.2 Å². The monoisotopic (exact) mass is 480 g/mol. The zero-order valence-corrected chi connectivity index (χ0v) is 20.8. The van der Waals surface area contributed by atoms with Crippen LogP contribution in [0.2, 0.25) is 0 Å². The van der Waals surface area contributed by atoms with Crippen molar-refractivity contribution in [3.8, 4) is 5.75 Å². The summed E-state index contributed by atoms with van der Waals surface area (Å²) in [5, 5.41) is 9.21. The predicted octanol–water partition coefficient (Wildman–Crippen LogP) is 3.15. The number of nitrogens with zero attached hydrogens (tertiary/aromatic N) is 4. The van der Waals surface area contributed by atoms with Crippen molar-refractivity contribution >= 4 is 11.7 Å². The molecule has 3 rings (SSSR count). The molecule has 0 aliphatic heterocycles. The molecule has 0 saturated heterocycles. The molecule has 3 aromatic rings. The summed E-state index contributed by atoms with van der Waals surface area (Å²) in [6, 6.07) is 14.0. The Morgan fingerprint density at radius 2 is 1.66 bits per heavy atom. The van der Waals surface area contributed by atoms with Gasteiger partial charge in [0.15, 0.2) is 0 Å². The average molecular weight is 481 g/mol. The molecule has 0 amide bonds. The Labute approximate surface area is 203 Å². The standard InChI is InChI=1S/C26H32N4O5/c1-6-19(4)35-22-13-11-21(12-14-22)27-24-28(5)25(33)30(18(3)15-23(31)32)26(34)29(24)16-20-9-7-17(2)8-10-20/h7-14,18-19H,6,15-16H2,1-5H3,(H,31,32)/b27-24+/t18-,19-/m1/s1. The molecule has 1 N–H and O–H groups in total. The van der Waals surface area contributed by atoms with Crippen LogP contribution in [-0.4, -0.2) is 30.9 Å². The van der Waals surface area contributed by atoms with Gasteiger partial charge in [-0.05, 0) is 57.0 Å². The van der Waals surface area contributed by atoms with Crippen LogP contribution in [0.5, 0.6) is 5.75 Å². The summed E-state index contributed by atoms with van der Waals surface area (Å²) >= 11 is 0. The van der Waals surface area contributed by atoms with Crippen molar-refractivity contribution in [3.63, 3.8) is 0 Å². The van der Waals surface area contributed by atoms with E-state index >= 15 is 0 Å². The summed E-state index contributed by atoms with van der Waals surface area (Å²) in [5.74, 6) is -0.386. The van der Waals surface area contributed by atoms with Crippen molar-refractivity contribution in [2.75, 3.05) is 0 Å². The van der Waals surface area contributed by atoms with Crippen molar-refractivity contribution in [2.24, 2.45) is 12.0 Å². The van der Waals surface area contributed by atoms with Crippen LogP contribution in [0.3, 0.4) is 0 Å². The maximum absolute atomic E-state index is 13.5. The van der Waals surface area contributed by atoms with E-state index in [0.29, 0.717) is 11.4 Å². The Morgan fingerprint density at radius 3 is 2.23 bits per heavy atom. The average Bonchev–Trinajstić information content (AvgIpc) is 2.81. The predicted molar refractivity (Wildman–Crippen MR) is 133 cm³/mol. The van der Waals surface area contributed by atoms with Gasteiger partial charge >= 0.3 is 17.3 Å². The van der Waals surface area contributed by atoms with Gasteiger partial charge in [0.25, 0.3) is 0 Å². The normalized spacial score (nSPS) is 13.5. The van der Waals surface area contributed by atoms with Crippen molar-refractivity contribution in [1.82, 2.24) is 13.7 Å². The van der Waals surface area contributed by atoms with Gasteiger partial charge in [-0.25, -0.2) is 19.1 Å². The van der Waals surface area contributed by atoms with E-state index in [4.69, 9.17) is 4.74 Å². The number of carboxylic acids is 1. The SMILES string of the molecule is CC[C@@H](C)Oc1ccc(/N=c2\n(C)c(=O)n([C@H](C)CC(=O)O)c(=O)n2Cc2ccc(C)cc2)cc1. The lowest BCUT2D eigenvalue weighted by Crippen LogP contribution is -2.55. The molecule has 0 fully saturated rings. The Kier molecular flexibility index (Phi) is 8.11. The molecule has 0 bridgehead atoms. The molecular weight excluding hydrogens is 448 g/mol. The number of carbonyl (C=O) groups is 1. The number of rotatable bonds is 9. The van der Waals surface area contributed by atoms with E-state index in [-0.39, 0.29) is 24.7 Å². The molecular formula is C26H32N4O5. The van der Waals surface area contributed by atoms with Gasteiger partial charge in [0.1, 0.15) is 5.75 Å². The van der Waals surface area contributed by atoms with E-state index in [1.807, 2.05) is 45.0 Å². The number of hydrogen-bond donors (Lipinski definition) is 1. The molecule has 0 saturated carbocycles. The molecule has 9 nitrogen and oxygen atoms in total. The van der Waals surface area contributed by atoms with Gasteiger partial charge in [0.05, 0.1) is 30.8 Å². The molecule has 2 aromatic carbocycles. The summed E-state index contributed by atoms with van der Waals surface area (Å²) in [4.78, 5) is 42.5. The number of benzene rings is 2. The molecule has 35 heavy (non-hydrogen) atoms. The Morgan fingerprint density at radius 1 is 1.03 bits per heavy atom. The number of ether oxygens (including phenoxy) is 1. The van der Waals surface area contributed by atoms with Crippen LogP contribution in [0.15, 0.2) is 63.1 Å². The minimum Gasteiger partial charge on any atom is -0.491 e. The van der Waals surface area contributed by atoms with Gasteiger partial charge in [-0.15, -0.1) is 0 Å². The van der Waals surface area contributed by atoms with Crippen LogP contribution in [0, 0.1) is 6.92 Å². The van der Waals surface area contributed by atoms with Crippen molar-refractivity contribution in [2.45, 2.75) is 59.2 Å². The van der Waals surface area contributed by atoms with Crippen LogP contribution in [0.1, 0.15) is 50.8 Å². The number of aromatic nitrogens is 3. The molecule has 0 radical (unpaired) electrons. The minimum atomic E-state index is -1.09. The second kappa shape index (κ2) is 11.0. The maximum Gasteiger partial charge on any atom is 0.335 e. The molecule has 1 aromatic heterocycles. The summed E-state index contributed by atoms with van der Waals surface area (Å²) in [6.07, 6.45) is 0.605. The van der Waals surface area contributed by atoms with Crippen LogP contribution in [-0.2, 0) is 18.4 Å². The zero-order chi connectivity index (χ0) is 25.7. The summed E-state index contributed by atoms with van der Waals surface area (Å²) < 4.78 is 9.46. The molecule has 9 heteroatoms. The highest BCUT2D eigenvalue weighted by molar-refractivity contribution is 5.67. The Hall–Kier alpha value is -3.88. The second-order valence-electron chi connectivity index (χ2n) is 8.76.